The number of hydrogen-bond donors (Lipinski definition) is 2. The topological polar surface area (TPSA) is 50.1 Å². The molecule has 0 aliphatic heterocycles. The van der Waals surface area contributed by atoms with Gasteiger partial charge < -0.3 is 10.4 Å². The molecule has 1 aromatic carbocycles. The first kappa shape index (κ1) is 12.9. The number of anilines is 1. The lowest BCUT2D eigenvalue weighted by molar-refractivity contribution is 0.211. The van der Waals surface area contributed by atoms with Crippen molar-refractivity contribution in [2.75, 3.05) is 17.7 Å². The Labute approximate surface area is 111 Å². The van der Waals surface area contributed by atoms with Crippen LogP contribution in [0.2, 0.25) is 0 Å². The van der Waals surface area contributed by atoms with Crippen molar-refractivity contribution in [2.45, 2.75) is 6.10 Å². The van der Waals surface area contributed by atoms with Crippen LogP contribution in [0.4, 0.5) is 5.69 Å². The Morgan fingerprint density at radius 1 is 1.39 bits per heavy atom. The quantitative estimate of drug-likeness (QED) is 0.814. The van der Waals surface area contributed by atoms with Gasteiger partial charge in [-0.25, -0.2) is 0 Å². The SMILES string of the molecule is Cn1ccc(-c2ccccc2NCC(O)CCl)n1. The average molecular weight is 266 g/mol. The molecule has 5 heteroatoms. The van der Waals surface area contributed by atoms with E-state index in [1.807, 2.05) is 43.6 Å². The minimum absolute atomic E-state index is 0.221. The summed E-state index contributed by atoms with van der Waals surface area (Å²) in [5.41, 5.74) is 2.86. The van der Waals surface area contributed by atoms with Crippen molar-refractivity contribution < 1.29 is 5.11 Å². The van der Waals surface area contributed by atoms with Gasteiger partial charge >= 0.3 is 0 Å². The van der Waals surface area contributed by atoms with Crippen LogP contribution in [-0.2, 0) is 7.05 Å². The molecular weight excluding hydrogens is 250 g/mol. The van der Waals surface area contributed by atoms with E-state index in [2.05, 4.69) is 10.4 Å². The molecule has 1 unspecified atom stereocenters. The zero-order valence-electron chi connectivity index (χ0n) is 10.2. The number of rotatable bonds is 5. The van der Waals surface area contributed by atoms with Crippen molar-refractivity contribution in [3.8, 4) is 11.3 Å². The van der Waals surface area contributed by atoms with E-state index in [0.717, 1.165) is 16.9 Å². The maximum Gasteiger partial charge on any atom is 0.0943 e. The Hall–Kier alpha value is -1.52. The first-order chi connectivity index (χ1) is 8.70. The van der Waals surface area contributed by atoms with E-state index in [9.17, 15) is 5.11 Å². The Kier molecular flexibility index (Phi) is 4.23. The third-order valence-corrected chi connectivity index (χ3v) is 2.98. The van der Waals surface area contributed by atoms with E-state index < -0.39 is 6.10 Å². The van der Waals surface area contributed by atoms with Gasteiger partial charge in [0.25, 0.3) is 0 Å². The Balaban J connectivity index is 2.20. The minimum Gasteiger partial charge on any atom is -0.390 e. The van der Waals surface area contributed by atoms with Crippen molar-refractivity contribution in [2.24, 2.45) is 7.05 Å². The molecule has 0 aliphatic carbocycles. The van der Waals surface area contributed by atoms with Crippen molar-refractivity contribution >= 4 is 17.3 Å². The van der Waals surface area contributed by atoms with Crippen LogP contribution in [0.25, 0.3) is 11.3 Å². The highest BCUT2D eigenvalue weighted by Crippen LogP contribution is 2.25. The Morgan fingerprint density at radius 3 is 2.83 bits per heavy atom. The zero-order valence-corrected chi connectivity index (χ0v) is 10.9. The van der Waals surface area contributed by atoms with Gasteiger partial charge in [-0.2, -0.15) is 5.10 Å². The minimum atomic E-state index is -0.552. The number of aliphatic hydroxyl groups is 1. The maximum atomic E-state index is 9.47. The molecule has 1 aromatic heterocycles. The standard InChI is InChI=1S/C13H16ClN3O/c1-17-7-6-13(16-17)11-4-2-3-5-12(11)15-9-10(18)8-14/h2-7,10,15,18H,8-9H2,1H3. The zero-order chi connectivity index (χ0) is 13.0. The summed E-state index contributed by atoms with van der Waals surface area (Å²) in [6.07, 6.45) is 1.35. The average Bonchev–Trinajstić information content (AvgIpc) is 2.83. The van der Waals surface area contributed by atoms with Gasteiger partial charge in [-0.3, -0.25) is 4.68 Å². The number of aryl methyl sites for hydroxylation is 1. The van der Waals surface area contributed by atoms with Crippen LogP contribution in [0.1, 0.15) is 0 Å². The van der Waals surface area contributed by atoms with Gasteiger partial charge in [-0.05, 0) is 12.1 Å². The van der Waals surface area contributed by atoms with Gasteiger partial charge in [0.1, 0.15) is 0 Å². The van der Waals surface area contributed by atoms with Crippen LogP contribution in [0.15, 0.2) is 36.5 Å². The molecule has 0 bridgehead atoms. The van der Waals surface area contributed by atoms with E-state index in [4.69, 9.17) is 11.6 Å². The molecule has 0 amide bonds. The highest BCUT2D eigenvalue weighted by atomic mass is 35.5. The molecule has 2 N–H and O–H groups in total. The summed E-state index contributed by atoms with van der Waals surface area (Å²) >= 11 is 5.57. The highest BCUT2D eigenvalue weighted by Gasteiger charge is 2.08. The second kappa shape index (κ2) is 5.89. The van der Waals surface area contributed by atoms with Crippen LogP contribution in [0, 0.1) is 0 Å². The fourth-order valence-corrected chi connectivity index (χ4v) is 1.81. The van der Waals surface area contributed by atoms with E-state index in [0.29, 0.717) is 6.54 Å². The molecule has 0 radical (unpaired) electrons. The summed E-state index contributed by atoms with van der Waals surface area (Å²) in [5.74, 6) is 0.221. The van der Waals surface area contributed by atoms with Crippen molar-refractivity contribution in [1.29, 1.82) is 0 Å². The third-order valence-electron chi connectivity index (χ3n) is 2.62. The lowest BCUT2D eigenvalue weighted by Crippen LogP contribution is -2.21. The normalized spacial score (nSPS) is 12.4. The number of nitrogens with zero attached hydrogens (tertiary/aromatic N) is 2. The van der Waals surface area contributed by atoms with E-state index in [1.165, 1.54) is 0 Å². The van der Waals surface area contributed by atoms with Crippen LogP contribution in [0.5, 0.6) is 0 Å². The largest absolute Gasteiger partial charge is 0.390 e. The third kappa shape index (κ3) is 3.03. The lowest BCUT2D eigenvalue weighted by atomic mass is 10.1. The molecule has 1 atom stereocenters. The van der Waals surface area contributed by atoms with Gasteiger partial charge in [-0.15, -0.1) is 11.6 Å². The van der Waals surface area contributed by atoms with Gasteiger partial charge in [0, 0.05) is 31.0 Å². The number of benzene rings is 1. The predicted octanol–water partition coefficient (Wildman–Crippen LogP) is 2.10. The van der Waals surface area contributed by atoms with Crippen molar-refractivity contribution in [3.05, 3.63) is 36.5 Å². The number of alkyl halides is 1. The monoisotopic (exact) mass is 265 g/mol. The molecule has 1 heterocycles. The Morgan fingerprint density at radius 2 is 2.17 bits per heavy atom. The molecule has 18 heavy (non-hydrogen) atoms. The number of aliphatic hydroxyl groups excluding tert-OH is 1. The Bertz CT molecular complexity index is 512. The van der Waals surface area contributed by atoms with Crippen LogP contribution < -0.4 is 5.32 Å². The van der Waals surface area contributed by atoms with Crippen LogP contribution in [0.3, 0.4) is 0 Å². The summed E-state index contributed by atoms with van der Waals surface area (Å²) in [5, 5.41) is 17.0. The van der Waals surface area contributed by atoms with Gasteiger partial charge in [0.15, 0.2) is 0 Å². The smallest absolute Gasteiger partial charge is 0.0943 e. The second-order valence-electron chi connectivity index (χ2n) is 4.11. The van der Waals surface area contributed by atoms with E-state index in [-0.39, 0.29) is 5.88 Å². The number of halogens is 1. The number of aromatic nitrogens is 2. The summed E-state index contributed by atoms with van der Waals surface area (Å²) in [7, 11) is 1.89. The number of nitrogens with one attached hydrogen (secondary N) is 1. The summed E-state index contributed by atoms with van der Waals surface area (Å²) in [6, 6.07) is 9.83. The van der Waals surface area contributed by atoms with E-state index >= 15 is 0 Å². The molecule has 4 nitrogen and oxygen atoms in total. The second-order valence-corrected chi connectivity index (χ2v) is 4.42. The predicted molar refractivity (Wildman–Crippen MR) is 73.9 cm³/mol. The van der Waals surface area contributed by atoms with Gasteiger partial charge in [-0.1, -0.05) is 18.2 Å². The number of hydrogen-bond acceptors (Lipinski definition) is 3. The molecule has 2 rings (SSSR count). The molecular formula is C13H16ClN3O. The molecule has 0 saturated carbocycles. The molecule has 2 aromatic rings. The molecule has 96 valence electrons. The summed E-state index contributed by atoms with van der Waals surface area (Å²) < 4.78 is 1.76. The lowest BCUT2D eigenvalue weighted by Gasteiger charge is -2.12. The number of para-hydroxylation sites is 1. The van der Waals surface area contributed by atoms with Crippen molar-refractivity contribution in [3.63, 3.8) is 0 Å². The summed E-state index contributed by atoms with van der Waals surface area (Å²) in [6.45, 7) is 0.424. The molecule has 0 saturated heterocycles. The molecule has 0 fully saturated rings. The van der Waals surface area contributed by atoms with Gasteiger partial charge in [0.2, 0.25) is 0 Å². The van der Waals surface area contributed by atoms with Gasteiger partial charge in [0.05, 0.1) is 17.7 Å². The van der Waals surface area contributed by atoms with E-state index in [1.54, 1.807) is 4.68 Å². The van der Waals surface area contributed by atoms with Crippen LogP contribution in [-0.4, -0.2) is 33.4 Å². The molecule has 0 spiro atoms. The fourth-order valence-electron chi connectivity index (χ4n) is 1.70. The van der Waals surface area contributed by atoms with Crippen molar-refractivity contribution in [1.82, 2.24) is 9.78 Å². The van der Waals surface area contributed by atoms with Crippen LogP contribution >= 0.6 is 11.6 Å². The summed E-state index contributed by atoms with van der Waals surface area (Å²) in [4.78, 5) is 0. The maximum absolute atomic E-state index is 9.47. The highest BCUT2D eigenvalue weighted by molar-refractivity contribution is 6.18. The fraction of sp³-hybridized carbons (Fsp3) is 0.308. The first-order valence-electron chi connectivity index (χ1n) is 5.77. The first-order valence-corrected chi connectivity index (χ1v) is 6.31. The molecule has 0 aliphatic rings.